The molecule has 0 aliphatic heterocycles. The molecule has 0 aliphatic carbocycles. The van der Waals surface area contributed by atoms with Crippen LogP contribution in [0, 0.1) is 16.0 Å². The van der Waals surface area contributed by atoms with Crippen LogP contribution in [0.1, 0.15) is 46.0 Å². The van der Waals surface area contributed by atoms with Crippen LogP contribution in [0.4, 0.5) is 13.2 Å². The van der Waals surface area contributed by atoms with E-state index < -0.39 is 35.4 Å². The van der Waals surface area contributed by atoms with Crippen LogP contribution < -0.4 is 0 Å². The Morgan fingerprint density at radius 1 is 1.30 bits per heavy atom. The van der Waals surface area contributed by atoms with Crippen molar-refractivity contribution in [1.82, 2.24) is 0 Å². The minimum Gasteiger partial charge on any atom is -0.466 e. The summed E-state index contributed by atoms with van der Waals surface area (Å²) in [4.78, 5) is 21.1. The number of nitro groups is 1. The van der Waals surface area contributed by atoms with Crippen molar-refractivity contribution in [2.75, 3.05) is 6.61 Å². The summed E-state index contributed by atoms with van der Waals surface area (Å²) in [5.41, 5.74) is 0. The van der Waals surface area contributed by atoms with E-state index in [0.29, 0.717) is 12.8 Å². The molecule has 0 fully saturated rings. The van der Waals surface area contributed by atoms with Crippen molar-refractivity contribution in [2.24, 2.45) is 5.92 Å². The Morgan fingerprint density at radius 3 is 2.30 bits per heavy atom. The van der Waals surface area contributed by atoms with Crippen LogP contribution in [0.2, 0.25) is 0 Å². The zero-order valence-electron chi connectivity index (χ0n) is 11.6. The lowest BCUT2D eigenvalue weighted by atomic mass is 9.91. The normalized spacial score (nSPS) is 14.7. The van der Waals surface area contributed by atoms with Crippen LogP contribution in [-0.4, -0.2) is 29.7 Å². The first-order valence-corrected chi connectivity index (χ1v) is 6.59. The summed E-state index contributed by atoms with van der Waals surface area (Å²) in [6.45, 7) is 3.26. The maximum Gasteiger partial charge on any atom is 0.398 e. The average molecular weight is 299 g/mol. The van der Waals surface area contributed by atoms with Gasteiger partial charge in [-0.25, -0.2) is 0 Å². The summed E-state index contributed by atoms with van der Waals surface area (Å²) < 4.78 is 43.2. The SMILES string of the molecule is CCCCCC(C(CC(=O)OCC)C(F)(F)F)[N+](=O)[O-]. The number of alkyl halides is 3. The Morgan fingerprint density at radius 2 is 1.90 bits per heavy atom. The molecule has 0 aromatic carbocycles. The van der Waals surface area contributed by atoms with E-state index in [2.05, 4.69) is 4.74 Å². The van der Waals surface area contributed by atoms with Gasteiger partial charge in [-0.2, -0.15) is 13.2 Å². The third-order valence-corrected chi connectivity index (χ3v) is 2.95. The molecule has 0 aromatic rings. The maximum atomic E-state index is 12.9. The lowest BCUT2D eigenvalue weighted by Crippen LogP contribution is -2.40. The third-order valence-electron chi connectivity index (χ3n) is 2.95. The van der Waals surface area contributed by atoms with Crippen molar-refractivity contribution in [3.63, 3.8) is 0 Å². The summed E-state index contributed by atoms with van der Waals surface area (Å²) in [6, 6.07) is -1.80. The molecule has 0 saturated carbocycles. The van der Waals surface area contributed by atoms with E-state index in [1.54, 1.807) is 0 Å². The molecule has 0 rings (SSSR count). The molecule has 20 heavy (non-hydrogen) atoms. The monoisotopic (exact) mass is 299 g/mol. The Kier molecular flexibility index (Phi) is 8.17. The first kappa shape index (κ1) is 18.7. The second-order valence-corrected chi connectivity index (χ2v) is 4.51. The molecule has 0 radical (unpaired) electrons. The lowest BCUT2D eigenvalue weighted by molar-refractivity contribution is -0.542. The van der Waals surface area contributed by atoms with Crippen molar-refractivity contribution in [3.05, 3.63) is 10.1 Å². The molecule has 0 amide bonds. The molecule has 0 spiro atoms. The number of esters is 1. The summed E-state index contributed by atoms with van der Waals surface area (Å²) >= 11 is 0. The van der Waals surface area contributed by atoms with Crippen molar-refractivity contribution < 1.29 is 27.6 Å². The smallest absolute Gasteiger partial charge is 0.398 e. The van der Waals surface area contributed by atoms with Gasteiger partial charge in [0.25, 0.3) is 0 Å². The molecule has 2 unspecified atom stereocenters. The second-order valence-electron chi connectivity index (χ2n) is 4.51. The molecule has 0 aromatic heterocycles. The molecular formula is C12H20F3NO4. The van der Waals surface area contributed by atoms with Gasteiger partial charge in [0.05, 0.1) is 13.0 Å². The van der Waals surface area contributed by atoms with E-state index >= 15 is 0 Å². The quantitative estimate of drug-likeness (QED) is 0.283. The van der Waals surface area contributed by atoms with Gasteiger partial charge in [-0.05, 0) is 13.3 Å². The van der Waals surface area contributed by atoms with Gasteiger partial charge >= 0.3 is 12.1 Å². The maximum absolute atomic E-state index is 12.9. The number of rotatable bonds is 9. The van der Waals surface area contributed by atoms with E-state index in [9.17, 15) is 28.1 Å². The van der Waals surface area contributed by atoms with Crippen molar-refractivity contribution >= 4 is 5.97 Å². The number of unbranched alkanes of at least 4 members (excludes halogenated alkanes) is 2. The molecule has 0 saturated heterocycles. The number of halogens is 3. The number of ether oxygens (including phenoxy) is 1. The van der Waals surface area contributed by atoms with Crippen molar-refractivity contribution in [2.45, 2.75) is 58.2 Å². The molecule has 8 heteroatoms. The van der Waals surface area contributed by atoms with Crippen LogP contribution >= 0.6 is 0 Å². The van der Waals surface area contributed by atoms with Gasteiger partial charge in [0.2, 0.25) is 6.04 Å². The summed E-state index contributed by atoms with van der Waals surface area (Å²) in [5.74, 6) is -3.36. The Hall–Kier alpha value is -1.34. The second kappa shape index (κ2) is 8.76. The molecule has 0 heterocycles. The fraction of sp³-hybridized carbons (Fsp3) is 0.917. The zero-order valence-corrected chi connectivity index (χ0v) is 11.6. The van der Waals surface area contributed by atoms with E-state index in [4.69, 9.17) is 0 Å². The number of carbonyl (C=O) groups excluding carboxylic acids is 1. The molecule has 118 valence electrons. The third kappa shape index (κ3) is 6.72. The van der Waals surface area contributed by atoms with Crippen molar-refractivity contribution in [1.29, 1.82) is 0 Å². The minimum absolute atomic E-state index is 0.0532. The number of hydrogen-bond donors (Lipinski definition) is 0. The minimum atomic E-state index is -4.79. The topological polar surface area (TPSA) is 69.4 Å². The summed E-state index contributed by atoms with van der Waals surface area (Å²) in [6.07, 6.45) is -4.29. The van der Waals surface area contributed by atoms with Crippen molar-refractivity contribution in [3.8, 4) is 0 Å². The van der Waals surface area contributed by atoms with E-state index in [-0.39, 0.29) is 13.0 Å². The molecule has 5 nitrogen and oxygen atoms in total. The molecular weight excluding hydrogens is 279 g/mol. The first-order valence-electron chi connectivity index (χ1n) is 6.59. The Bertz CT molecular complexity index is 320. The van der Waals surface area contributed by atoms with E-state index in [1.807, 2.05) is 6.92 Å². The van der Waals surface area contributed by atoms with Gasteiger partial charge in [-0.1, -0.05) is 19.8 Å². The number of hydrogen-bond acceptors (Lipinski definition) is 4. The zero-order chi connectivity index (χ0) is 15.8. The highest BCUT2D eigenvalue weighted by atomic mass is 19.4. The van der Waals surface area contributed by atoms with Gasteiger partial charge in [0.15, 0.2) is 0 Å². The fourth-order valence-electron chi connectivity index (χ4n) is 1.93. The molecule has 0 N–H and O–H groups in total. The number of carbonyl (C=O) groups is 1. The number of nitrogens with zero attached hydrogens (tertiary/aromatic N) is 1. The van der Waals surface area contributed by atoms with E-state index in [0.717, 1.165) is 6.42 Å². The summed E-state index contributed by atoms with van der Waals surface area (Å²) in [5, 5.41) is 10.9. The highest BCUT2D eigenvalue weighted by Gasteiger charge is 2.51. The predicted molar refractivity (Wildman–Crippen MR) is 65.7 cm³/mol. The van der Waals surface area contributed by atoms with Crippen LogP contribution in [0.25, 0.3) is 0 Å². The van der Waals surface area contributed by atoms with Gasteiger partial charge < -0.3 is 4.74 Å². The molecule has 0 bridgehead atoms. The standard InChI is InChI=1S/C12H20F3NO4/c1-3-5-6-7-10(16(18)19)9(12(13,14)15)8-11(17)20-4-2/h9-10H,3-8H2,1-2H3. The summed E-state index contributed by atoms with van der Waals surface area (Å²) in [7, 11) is 0. The molecule has 2 atom stereocenters. The van der Waals surface area contributed by atoms with Gasteiger partial charge in [0, 0.05) is 11.3 Å². The van der Waals surface area contributed by atoms with Gasteiger partial charge in [0.1, 0.15) is 5.92 Å². The predicted octanol–water partition coefficient (Wildman–Crippen LogP) is 3.34. The van der Waals surface area contributed by atoms with Crippen LogP contribution in [0.15, 0.2) is 0 Å². The van der Waals surface area contributed by atoms with Crippen LogP contribution in [0.5, 0.6) is 0 Å². The highest BCUT2D eigenvalue weighted by molar-refractivity contribution is 5.69. The Balaban J connectivity index is 4.93. The fourth-order valence-corrected chi connectivity index (χ4v) is 1.93. The van der Waals surface area contributed by atoms with Crippen LogP contribution in [-0.2, 0) is 9.53 Å². The average Bonchev–Trinajstić information content (AvgIpc) is 2.31. The molecule has 0 aliphatic rings. The van der Waals surface area contributed by atoms with Gasteiger partial charge in [-0.3, -0.25) is 14.9 Å². The van der Waals surface area contributed by atoms with E-state index in [1.165, 1.54) is 6.92 Å². The Labute approximate surface area is 115 Å². The first-order chi connectivity index (χ1) is 9.23. The van der Waals surface area contributed by atoms with Gasteiger partial charge in [-0.15, -0.1) is 0 Å². The largest absolute Gasteiger partial charge is 0.466 e. The van der Waals surface area contributed by atoms with Crippen LogP contribution in [0.3, 0.4) is 0 Å². The highest BCUT2D eigenvalue weighted by Crippen LogP contribution is 2.35. The lowest BCUT2D eigenvalue weighted by Gasteiger charge is -2.22.